The van der Waals surface area contributed by atoms with E-state index in [1.165, 1.54) is 16.7 Å². The lowest BCUT2D eigenvalue weighted by Gasteiger charge is -2.33. The molecule has 0 atom stereocenters. The molecule has 0 heterocycles. The maximum Gasteiger partial charge on any atom is 0.101 e. The molecule has 2 nitrogen and oxygen atoms in total. The summed E-state index contributed by atoms with van der Waals surface area (Å²) >= 11 is 0. The van der Waals surface area contributed by atoms with E-state index in [2.05, 4.69) is 64.6 Å². The molecular formula is C16H26N2. The number of rotatable bonds is 4. The van der Waals surface area contributed by atoms with Gasteiger partial charge in [-0.05, 0) is 58.2 Å². The maximum atomic E-state index is 8.36. The molecule has 0 saturated carbocycles. The molecular weight excluding hydrogens is 220 g/mol. The second-order valence-electron chi connectivity index (χ2n) is 5.59. The predicted octanol–water partition coefficient (Wildman–Crippen LogP) is 3.94. The molecule has 2 heteroatoms. The largest absolute Gasteiger partial charge is 0.355 e. The van der Waals surface area contributed by atoms with Crippen molar-refractivity contribution in [1.82, 2.24) is 4.90 Å². The Kier molecular flexibility index (Phi) is 4.94. The first-order valence-electron chi connectivity index (χ1n) is 6.75. The van der Waals surface area contributed by atoms with Crippen LogP contribution < -0.4 is 0 Å². The van der Waals surface area contributed by atoms with Gasteiger partial charge in [-0.15, -0.1) is 0 Å². The average Bonchev–Trinajstić information content (AvgIpc) is 2.22. The zero-order valence-electron chi connectivity index (χ0n) is 12.5. The molecule has 0 saturated heterocycles. The van der Waals surface area contributed by atoms with E-state index in [4.69, 9.17) is 5.41 Å². The van der Waals surface area contributed by atoms with Crippen LogP contribution in [0.4, 0.5) is 0 Å². The fourth-order valence-corrected chi connectivity index (χ4v) is 2.61. The summed E-state index contributed by atoms with van der Waals surface area (Å²) in [5.41, 5.74) is 3.87. The van der Waals surface area contributed by atoms with E-state index in [0.29, 0.717) is 12.1 Å². The number of nitrogens with one attached hydrogen (secondary N) is 1. The molecule has 0 unspecified atom stereocenters. The minimum atomic E-state index is 0.377. The van der Waals surface area contributed by atoms with Gasteiger partial charge < -0.3 is 4.90 Å². The number of amidine groups is 1. The predicted molar refractivity (Wildman–Crippen MR) is 79.5 cm³/mol. The number of aryl methyl sites for hydroxylation is 2. The molecule has 100 valence electrons. The third kappa shape index (κ3) is 3.34. The van der Waals surface area contributed by atoms with Gasteiger partial charge in [0, 0.05) is 18.5 Å². The second kappa shape index (κ2) is 6.03. The molecule has 0 aromatic heterocycles. The lowest BCUT2D eigenvalue weighted by Crippen LogP contribution is -2.42. The number of benzene rings is 1. The Morgan fingerprint density at radius 1 is 1.06 bits per heavy atom. The molecule has 0 spiro atoms. The zero-order valence-corrected chi connectivity index (χ0v) is 12.5. The fraction of sp³-hybridized carbons (Fsp3) is 0.562. The van der Waals surface area contributed by atoms with Crippen LogP contribution in [0.2, 0.25) is 0 Å². The Bertz CT molecular complexity index is 391. The maximum absolute atomic E-state index is 8.36. The van der Waals surface area contributed by atoms with Gasteiger partial charge in [0.1, 0.15) is 5.84 Å². The molecule has 0 bridgehead atoms. The molecule has 1 rings (SSSR count). The zero-order chi connectivity index (χ0) is 13.9. The van der Waals surface area contributed by atoms with Gasteiger partial charge in [-0.3, -0.25) is 5.41 Å². The van der Waals surface area contributed by atoms with E-state index in [1.807, 2.05) is 0 Å². The summed E-state index contributed by atoms with van der Waals surface area (Å²) in [4.78, 5) is 2.19. The number of hydrogen-bond donors (Lipinski definition) is 1. The summed E-state index contributed by atoms with van der Waals surface area (Å²) in [6, 6.07) is 7.10. The second-order valence-corrected chi connectivity index (χ2v) is 5.59. The average molecular weight is 246 g/mol. The van der Waals surface area contributed by atoms with E-state index in [-0.39, 0.29) is 0 Å². The van der Waals surface area contributed by atoms with Crippen LogP contribution in [0.5, 0.6) is 0 Å². The molecule has 1 aromatic rings. The van der Waals surface area contributed by atoms with Crippen molar-refractivity contribution in [3.8, 4) is 0 Å². The first-order chi connectivity index (χ1) is 8.34. The normalized spacial score (nSPS) is 11.1. The van der Waals surface area contributed by atoms with Crippen molar-refractivity contribution >= 4 is 5.84 Å². The van der Waals surface area contributed by atoms with Crippen LogP contribution in [0.1, 0.15) is 44.4 Å². The Balaban J connectivity index is 2.93. The van der Waals surface area contributed by atoms with E-state index in [0.717, 1.165) is 12.3 Å². The Morgan fingerprint density at radius 2 is 1.50 bits per heavy atom. The quantitative estimate of drug-likeness (QED) is 0.632. The summed E-state index contributed by atoms with van der Waals surface area (Å²) in [5, 5.41) is 8.36. The molecule has 0 amide bonds. The van der Waals surface area contributed by atoms with Gasteiger partial charge in [0.15, 0.2) is 0 Å². The molecule has 0 aliphatic heterocycles. The monoisotopic (exact) mass is 246 g/mol. The summed E-state index contributed by atoms with van der Waals surface area (Å²) in [7, 11) is 0. The SMILES string of the molecule is Cc1cccc(C)c1CC(=N)N(C(C)C)C(C)C. The van der Waals surface area contributed by atoms with E-state index >= 15 is 0 Å². The van der Waals surface area contributed by atoms with Gasteiger partial charge in [-0.1, -0.05) is 18.2 Å². The van der Waals surface area contributed by atoms with Crippen molar-refractivity contribution in [2.75, 3.05) is 0 Å². The Labute approximate surface area is 112 Å². The summed E-state index contributed by atoms with van der Waals surface area (Å²) in [6.45, 7) is 12.9. The van der Waals surface area contributed by atoms with Crippen LogP contribution in [0, 0.1) is 19.3 Å². The van der Waals surface area contributed by atoms with Crippen LogP contribution in [-0.4, -0.2) is 22.8 Å². The van der Waals surface area contributed by atoms with E-state index < -0.39 is 0 Å². The highest BCUT2D eigenvalue weighted by Gasteiger charge is 2.18. The fourth-order valence-electron chi connectivity index (χ4n) is 2.61. The topological polar surface area (TPSA) is 27.1 Å². The first-order valence-corrected chi connectivity index (χ1v) is 6.75. The molecule has 1 N–H and O–H groups in total. The van der Waals surface area contributed by atoms with Gasteiger partial charge in [0.05, 0.1) is 0 Å². The molecule has 1 aromatic carbocycles. The van der Waals surface area contributed by atoms with Crippen molar-refractivity contribution in [2.24, 2.45) is 0 Å². The van der Waals surface area contributed by atoms with Crippen molar-refractivity contribution < 1.29 is 0 Å². The van der Waals surface area contributed by atoms with Crippen molar-refractivity contribution in [3.63, 3.8) is 0 Å². The molecule has 0 aliphatic rings. The Morgan fingerprint density at radius 3 is 1.89 bits per heavy atom. The van der Waals surface area contributed by atoms with Gasteiger partial charge in [-0.25, -0.2) is 0 Å². The van der Waals surface area contributed by atoms with Crippen LogP contribution in [0.3, 0.4) is 0 Å². The van der Waals surface area contributed by atoms with Gasteiger partial charge in [-0.2, -0.15) is 0 Å². The van der Waals surface area contributed by atoms with Crippen molar-refractivity contribution in [3.05, 3.63) is 34.9 Å². The Hall–Kier alpha value is -1.31. The third-order valence-electron chi connectivity index (χ3n) is 3.41. The number of hydrogen-bond acceptors (Lipinski definition) is 1. The molecule has 0 fully saturated rings. The van der Waals surface area contributed by atoms with E-state index in [1.54, 1.807) is 0 Å². The van der Waals surface area contributed by atoms with Crippen LogP contribution in [0.25, 0.3) is 0 Å². The lowest BCUT2D eigenvalue weighted by atomic mass is 9.99. The van der Waals surface area contributed by atoms with Crippen LogP contribution >= 0.6 is 0 Å². The number of nitrogens with zero attached hydrogens (tertiary/aromatic N) is 1. The highest BCUT2D eigenvalue weighted by Crippen LogP contribution is 2.17. The smallest absolute Gasteiger partial charge is 0.101 e. The van der Waals surface area contributed by atoms with Crippen LogP contribution in [0.15, 0.2) is 18.2 Å². The highest BCUT2D eigenvalue weighted by atomic mass is 15.2. The molecule has 18 heavy (non-hydrogen) atoms. The minimum absolute atomic E-state index is 0.377. The summed E-state index contributed by atoms with van der Waals surface area (Å²) < 4.78 is 0. The van der Waals surface area contributed by atoms with E-state index in [9.17, 15) is 0 Å². The standard InChI is InChI=1S/C16H26N2/c1-11(2)18(12(3)4)16(17)10-15-13(5)8-7-9-14(15)6/h7-9,11-12,17H,10H2,1-6H3. The summed E-state index contributed by atoms with van der Waals surface area (Å²) in [6.07, 6.45) is 0.731. The van der Waals surface area contributed by atoms with Gasteiger partial charge in [0.25, 0.3) is 0 Å². The molecule has 0 aliphatic carbocycles. The lowest BCUT2D eigenvalue weighted by molar-refractivity contribution is 0.286. The molecule has 0 radical (unpaired) electrons. The minimum Gasteiger partial charge on any atom is -0.355 e. The van der Waals surface area contributed by atoms with Gasteiger partial charge in [0.2, 0.25) is 0 Å². The first kappa shape index (κ1) is 14.7. The van der Waals surface area contributed by atoms with Crippen molar-refractivity contribution in [2.45, 2.75) is 60.0 Å². The summed E-state index contributed by atoms with van der Waals surface area (Å²) in [5.74, 6) is 0.720. The highest BCUT2D eigenvalue weighted by molar-refractivity contribution is 5.82. The van der Waals surface area contributed by atoms with Crippen LogP contribution in [-0.2, 0) is 6.42 Å². The van der Waals surface area contributed by atoms with Crippen molar-refractivity contribution in [1.29, 1.82) is 5.41 Å². The van der Waals surface area contributed by atoms with Gasteiger partial charge >= 0.3 is 0 Å². The third-order valence-corrected chi connectivity index (χ3v) is 3.41.